The Bertz CT molecular complexity index is 826. The van der Waals surface area contributed by atoms with E-state index < -0.39 is 5.82 Å². The summed E-state index contributed by atoms with van der Waals surface area (Å²) in [7, 11) is 0. The van der Waals surface area contributed by atoms with E-state index in [2.05, 4.69) is 15.0 Å². The van der Waals surface area contributed by atoms with Gasteiger partial charge in [-0.25, -0.2) is 9.37 Å². The summed E-state index contributed by atoms with van der Waals surface area (Å²) in [6.45, 7) is 1.74. The maximum atomic E-state index is 12.9. The van der Waals surface area contributed by atoms with Gasteiger partial charge in [-0.2, -0.15) is 0 Å². The standard InChI is InChI=1S/C13H9ClFN3OS/c1-6(14)11-17-12(19)10-8(5-20-13(10)18-11)9-3-2-7(15)4-16-9/h2-6H,1H3,(H,17,18,19). The second kappa shape index (κ2) is 4.96. The van der Waals surface area contributed by atoms with Gasteiger partial charge in [-0.05, 0) is 19.1 Å². The molecular weight excluding hydrogens is 301 g/mol. The monoisotopic (exact) mass is 309 g/mol. The van der Waals surface area contributed by atoms with Gasteiger partial charge >= 0.3 is 0 Å². The average molecular weight is 310 g/mol. The molecule has 1 N–H and O–H groups in total. The molecule has 4 nitrogen and oxygen atoms in total. The second-order valence-electron chi connectivity index (χ2n) is 4.26. The first-order valence-electron chi connectivity index (χ1n) is 5.83. The van der Waals surface area contributed by atoms with Crippen molar-refractivity contribution in [3.63, 3.8) is 0 Å². The van der Waals surface area contributed by atoms with Crippen LogP contribution >= 0.6 is 22.9 Å². The molecule has 3 rings (SSSR count). The number of hydrogen-bond acceptors (Lipinski definition) is 4. The lowest BCUT2D eigenvalue weighted by atomic mass is 10.1. The van der Waals surface area contributed by atoms with Crippen molar-refractivity contribution in [3.8, 4) is 11.3 Å². The smallest absolute Gasteiger partial charge is 0.260 e. The summed E-state index contributed by atoms with van der Waals surface area (Å²) in [4.78, 5) is 23.8. The van der Waals surface area contributed by atoms with Crippen LogP contribution in [0.1, 0.15) is 18.1 Å². The van der Waals surface area contributed by atoms with Gasteiger partial charge in [-0.3, -0.25) is 9.78 Å². The molecule has 1 unspecified atom stereocenters. The summed E-state index contributed by atoms with van der Waals surface area (Å²) in [6, 6.07) is 2.84. The number of aromatic amines is 1. The molecule has 20 heavy (non-hydrogen) atoms. The van der Waals surface area contributed by atoms with Crippen LogP contribution in [0.25, 0.3) is 21.5 Å². The van der Waals surface area contributed by atoms with E-state index >= 15 is 0 Å². The lowest BCUT2D eigenvalue weighted by molar-refractivity contribution is 0.622. The Labute approximate surface area is 122 Å². The Morgan fingerprint density at radius 3 is 2.90 bits per heavy atom. The lowest BCUT2D eigenvalue weighted by Gasteiger charge is -2.02. The molecule has 0 fully saturated rings. The molecule has 1 atom stereocenters. The number of aromatic nitrogens is 3. The summed E-state index contributed by atoms with van der Waals surface area (Å²) in [6.07, 6.45) is 1.12. The lowest BCUT2D eigenvalue weighted by Crippen LogP contribution is -2.11. The number of rotatable bonds is 2. The van der Waals surface area contributed by atoms with Crippen LogP contribution in [0.15, 0.2) is 28.5 Å². The molecule has 3 heterocycles. The summed E-state index contributed by atoms with van der Waals surface area (Å²) >= 11 is 7.27. The van der Waals surface area contributed by atoms with Crippen LogP contribution in [0.3, 0.4) is 0 Å². The molecule has 0 saturated carbocycles. The van der Waals surface area contributed by atoms with E-state index in [1.165, 1.54) is 23.5 Å². The summed E-state index contributed by atoms with van der Waals surface area (Å²) in [5, 5.41) is 1.87. The zero-order valence-corrected chi connectivity index (χ0v) is 11.9. The number of hydrogen-bond donors (Lipinski definition) is 1. The predicted octanol–water partition coefficient (Wildman–Crippen LogP) is 3.49. The number of fused-ring (bicyclic) bond motifs is 1. The number of nitrogens with zero attached hydrogens (tertiary/aromatic N) is 2. The van der Waals surface area contributed by atoms with Gasteiger partial charge in [0, 0.05) is 10.9 Å². The molecule has 0 aliphatic carbocycles. The van der Waals surface area contributed by atoms with E-state index in [-0.39, 0.29) is 10.9 Å². The molecule has 0 spiro atoms. The zero-order chi connectivity index (χ0) is 14.3. The first-order chi connectivity index (χ1) is 9.56. The zero-order valence-electron chi connectivity index (χ0n) is 10.4. The Kier molecular flexibility index (Phi) is 3.27. The molecule has 102 valence electrons. The van der Waals surface area contributed by atoms with Crippen LogP contribution < -0.4 is 5.56 Å². The van der Waals surface area contributed by atoms with Crippen LogP contribution in [0.2, 0.25) is 0 Å². The van der Waals surface area contributed by atoms with E-state index in [1.807, 2.05) is 0 Å². The molecule has 0 bridgehead atoms. The molecule has 3 aromatic rings. The number of pyridine rings is 1. The van der Waals surface area contributed by atoms with E-state index in [0.717, 1.165) is 6.20 Å². The normalized spacial score (nSPS) is 12.8. The predicted molar refractivity (Wildman–Crippen MR) is 77.7 cm³/mol. The van der Waals surface area contributed by atoms with E-state index in [9.17, 15) is 9.18 Å². The molecule has 7 heteroatoms. The highest BCUT2D eigenvalue weighted by Gasteiger charge is 2.15. The van der Waals surface area contributed by atoms with Gasteiger partial charge in [0.15, 0.2) is 0 Å². The average Bonchev–Trinajstić information content (AvgIpc) is 2.84. The van der Waals surface area contributed by atoms with E-state index in [0.29, 0.717) is 27.3 Å². The molecule has 3 aromatic heterocycles. The first-order valence-corrected chi connectivity index (χ1v) is 7.15. The third kappa shape index (κ3) is 2.21. The van der Waals surface area contributed by atoms with Crippen LogP contribution in [-0.4, -0.2) is 15.0 Å². The van der Waals surface area contributed by atoms with Crippen LogP contribution in [0.5, 0.6) is 0 Å². The Hall–Kier alpha value is -1.79. The van der Waals surface area contributed by atoms with Gasteiger partial charge in [-0.1, -0.05) is 0 Å². The Morgan fingerprint density at radius 1 is 1.45 bits per heavy atom. The van der Waals surface area contributed by atoms with Crippen molar-refractivity contribution in [2.45, 2.75) is 12.3 Å². The van der Waals surface area contributed by atoms with Gasteiger partial charge < -0.3 is 4.98 Å². The third-order valence-corrected chi connectivity index (χ3v) is 3.92. The van der Waals surface area contributed by atoms with Crippen molar-refractivity contribution < 1.29 is 4.39 Å². The van der Waals surface area contributed by atoms with Crippen LogP contribution in [-0.2, 0) is 0 Å². The van der Waals surface area contributed by atoms with Gasteiger partial charge in [0.2, 0.25) is 0 Å². The molecule has 0 amide bonds. The van der Waals surface area contributed by atoms with Crippen molar-refractivity contribution in [3.05, 3.63) is 45.7 Å². The number of thiophene rings is 1. The van der Waals surface area contributed by atoms with Crippen LogP contribution in [0, 0.1) is 5.82 Å². The molecular formula is C13H9ClFN3OS. The Balaban J connectivity index is 2.24. The fourth-order valence-electron chi connectivity index (χ4n) is 1.88. The maximum absolute atomic E-state index is 12.9. The van der Waals surface area contributed by atoms with Crippen molar-refractivity contribution in [1.82, 2.24) is 15.0 Å². The summed E-state index contributed by atoms with van der Waals surface area (Å²) in [5.74, 6) is 0.0169. The SMILES string of the molecule is CC(Cl)c1nc2scc(-c3ccc(F)cn3)c2c(=O)[nH]1. The number of H-pyrrole nitrogens is 1. The summed E-state index contributed by atoms with van der Waals surface area (Å²) in [5.41, 5.74) is 0.920. The van der Waals surface area contributed by atoms with Gasteiger partial charge in [-0.15, -0.1) is 22.9 Å². The fraction of sp³-hybridized carbons (Fsp3) is 0.154. The Morgan fingerprint density at radius 2 is 2.25 bits per heavy atom. The summed E-state index contributed by atoms with van der Waals surface area (Å²) < 4.78 is 12.9. The first kappa shape index (κ1) is 13.2. The van der Waals surface area contributed by atoms with Gasteiger partial charge in [0.05, 0.1) is 22.7 Å². The maximum Gasteiger partial charge on any atom is 0.260 e. The third-order valence-electron chi connectivity index (χ3n) is 2.84. The van der Waals surface area contributed by atoms with E-state index in [4.69, 9.17) is 11.6 Å². The molecule has 0 saturated heterocycles. The highest BCUT2D eigenvalue weighted by atomic mass is 35.5. The second-order valence-corrected chi connectivity index (χ2v) is 5.77. The molecule has 0 aromatic carbocycles. The largest absolute Gasteiger partial charge is 0.309 e. The number of halogens is 2. The van der Waals surface area contributed by atoms with Crippen molar-refractivity contribution in [1.29, 1.82) is 0 Å². The highest BCUT2D eigenvalue weighted by molar-refractivity contribution is 7.17. The minimum Gasteiger partial charge on any atom is -0.309 e. The van der Waals surface area contributed by atoms with Gasteiger partial charge in [0.25, 0.3) is 5.56 Å². The van der Waals surface area contributed by atoms with Gasteiger partial charge in [0.1, 0.15) is 16.5 Å². The van der Waals surface area contributed by atoms with E-state index in [1.54, 1.807) is 12.3 Å². The minimum absolute atomic E-state index is 0.264. The molecule has 0 radical (unpaired) electrons. The van der Waals surface area contributed by atoms with Crippen molar-refractivity contribution in [2.75, 3.05) is 0 Å². The quantitative estimate of drug-likeness (QED) is 0.737. The highest BCUT2D eigenvalue weighted by Crippen LogP contribution is 2.30. The minimum atomic E-state index is -0.418. The molecule has 0 aliphatic heterocycles. The molecule has 0 aliphatic rings. The number of nitrogens with one attached hydrogen (secondary N) is 1. The van der Waals surface area contributed by atoms with Crippen LogP contribution in [0.4, 0.5) is 4.39 Å². The number of alkyl halides is 1. The van der Waals surface area contributed by atoms with Crippen molar-refractivity contribution in [2.24, 2.45) is 0 Å². The topological polar surface area (TPSA) is 58.6 Å². The fourth-order valence-corrected chi connectivity index (χ4v) is 2.92. The van der Waals surface area contributed by atoms with Crippen molar-refractivity contribution >= 4 is 33.2 Å².